The molecule has 0 aliphatic carbocycles. The second kappa shape index (κ2) is 12.9. The van der Waals surface area contributed by atoms with Crippen LogP contribution in [0.15, 0.2) is 60.7 Å². The normalized spacial score (nSPS) is 18.6. The Labute approximate surface area is 257 Å². The van der Waals surface area contributed by atoms with Crippen LogP contribution >= 0.6 is 23.2 Å². The van der Waals surface area contributed by atoms with E-state index in [9.17, 15) is 9.59 Å². The molecule has 222 valence electrons. The Balaban J connectivity index is 1.23. The molecule has 2 amide bonds. The average molecular weight is 611 g/mol. The highest BCUT2D eigenvalue weighted by Gasteiger charge is 2.41. The molecule has 9 heteroatoms. The lowest BCUT2D eigenvalue weighted by molar-refractivity contribution is -0.125. The number of amides is 2. The number of benzene rings is 3. The molecule has 0 radical (unpaired) electrons. The molecule has 1 atom stereocenters. The maximum atomic E-state index is 13.8. The van der Waals surface area contributed by atoms with Crippen LogP contribution in [-0.2, 0) is 10.2 Å². The van der Waals surface area contributed by atoms with Crippen molar-refractivity contribution in [3.05, 3.63) is 81.8 Å². The topological polar surface area (TPSA) is 85.1 Å². The number of hydrogen-bond donors (Lipinski definition) is 1. The molecule has 2 aliphatic heterocycles. The number of rotatable bonds is 9. The van der Waals surface area contributed by atoms with Gasteiger partial charge in [-0.25, -0.2) is 0 Å². The molecule has 3 aromatic rings. The summed E-state index contributed by atoms with van der Waals surface area (Å²) in [4.78, 5) is 30.6. The standard InChI is InChI=1S/C33H37Cl2N3O4/c1-41-28-11-9-25(30(42-2)29(28)23-8-10-26(34)27(35)20-23)31(39)38-17-13-22(21-38)12-16-37-18-14-33(15-19-37,32(36)40)24-6-4-3-5-7-24/h3-11,20,22H,12-19,21H2,1-2H3,(H2,36,40). The Morgan fingerprint density at radius 2 is 1.69 bits per heavy atom. The molecule has 2 aliphatic rings. The van der Waals surface area contributed by atoms with Gasteiger partial charge in [0.25, 0.3) is 5.91 Å². The number of carbonyl (C=O) groups is 2. The summed E-state index contributed by atoms with van der Waals surface area (Å²) in [7, 11) is 3.14. The molecule has 0 spiro atoms. The van der Waals surface area contributed by atoms with Gasteiger partial charge in [-0.2, -0.15) is 0 Å². The second-order valence-electron chi connectivity index (χ2n) is 11.2. The third kappa shape index (κ3) is 5.96. The maximum Gasteiger partial charge on any atom is 0.257 e. The molecule has 0 bridgehead atoms. The molecule has 42 heavy (non-hydrogen) atoms. The fourth-order valence-electron chi connectivity index (χ4n) is 6.42. The largest absolute Gasteiger partial charge is 0.496 e. The number of methoxy groups -OCH3 is 2. The van der Waals surface area contributed by atoms with Crippen molar-refractivity contribution >= 4 is 35.0 Å². The number of likely N-dealkylation sites (tertiary alicyclic amines) is 2. The lowest BCUT2D eigenvalue weighted by atomic mass is 9.72. The number of nitrogens with zero attached hydrogens (tertiary/aromatic N) is 2. The maximum absolute atomic E-state index is 13.8. The van der Waals surface area contributed by atoms with Crippen molar-refractivity contribution in [3.63, 3.8) is 0 Å². The van der Waals surface area contributed by atoms with Crippen LogP contribution in [0.3, 0.4) is 0 Å². The van der Waals surface area contributed by atoms with Crippen LogP contribution in [0.25, 0.3) is 11.1 Å². The molecule has 7 nitrogen and oxygen atoms in total. The van der Waals surface area contributed by atoms with Gasteiger partial charge in [-0.05, 0) is 86.6 Å². The predicted molar refractivity (Wildman–Crippen MR) is 167 cm³/mol. The van der Waals surface area contributed by atoms with Gasteiger partial charge in [0.1, 0.15) is 11.5 Å². The minimum atomic E-state index is -0.595. The first-order chi connectivity index (χ1) is 20.3. The summed E-state index contributed by atoms with van der Waals surface area (Å²) in [6.07, 6.45) is 3.39. The molecule has 3 aromatic carbocycles. The Morgan fingerprint density at radius 3 is 2.33 bits per heavy atom. The number of ether oxygens (including phenoxy) is 2. The zero-order valence-corrected chi connectivity index (χ0v) is 25.6. The van der Waals surface area contributed by atoms with Crippen molar-refractivity contribution in [1.29, 1.82) is 0 Å². The summed E-state index contributed by atoms with van der Waals surface area (Å²) in [6.45, 7) is 3.98. The lowest BCUT2D eigenvalue weighted by Crippen LogP contribution is -2.50. The van der Waals surface area contributed by atoms with Crippen LogP contribution in [0.1, 0.15) is 41.6 Å². The molecule has 2 N–H and O–H groups in total. The van der Waals surface area contributed by atoms with E-state index >= 15 is 0 Å². The van der Waals surface area contributed by atoms with Crippen molar-refractivity contribution in [2.75, 3.05) is 46.9 Å². The highest BCUT2D eigenvalue weighted by Crippen LogP contribution is 2.43. The van der Waals surface area contributed by atoms with Gasteiger partial charge >= 0.3 is 0 Å². The SMILES string of the molecule is COc1ccc(C(=O)N2CCC(CCN3CCC(C(N)=O)(c4ccccc4)CC3)C2)c(OC)c1-c1ccc(Cl)c(Cl)c1. The molecule has 2 heterocycles. The number of nitrogens with two attached hydrogens (primary N) is 1. The third-order valence-corrected chi connectivity index (χ3v) is 9.66. The predicted octanol–water partition coefficient (Wildman–Crippen LogP) is 6.05. The van der Waals surface area contributed by atoms with Gasteiger partial charge in [0, 0.05) is 13.1 Å². The Hall–Kier alpha value is -3.26. The second-order valence-corrected chi connectivity index (χ2v) is 12.0. The molecule has 2 fully saturated rings. The van der Waals surface area contributed by atoms with Crippen LogP contribution < -0.4 is 15.2 Å². The summed E-state index contributed by atoms with van der Waals surface area (Å²) < 4.78 is 11.4. The minimum absolute atomic E-state index is 0.0645. The lowest BCUT2D eigenvalue weighted by Gasteiger charge is -2.40. The Morgan fingerprint density at radius 1 is 0.952 bits per heavy atom. The molecular formula is C33H37Cl2N3O4. The van der Waals surface area contributed by atoms with E-state index in [2.05, 4.69) is 4.90 Å². The van der Waals surface area contributed by atoms with Crippen molar-refractivity contribution < 1.29 is 19.1 Å². The van der Waals surface area contributed by atoms with E-state index in [1.807, 2.05) is 41.3 Å². The molecule has 5 rings (SSSR count). The van der Waals surface area contributed by atoms with Crippen LogP contribution in [0, 0.1) is 5.92 Å². The first-order valence-electron chi connectivity index (χ1n) is 14.3. The molecule has 2 saturated heterocycles. The number of hydrogen-bond acceptors (Lipinski definition) is 5. The van der Waals surface area contributed by atoms with E-state index in [0.29, 0.717) is 51.7 Å². The van der Waals surface area contributed by atoms with E-state index < -0.39 is 5.41 Å². The quantitative estimate of drug-likeness (QED) is 0.319. The van der Waals surface area contributed by atoms with Crippen LogP contribution in [0.5, 0.6) is 11.5 Å². The fourth-order valence-corrected chi connectivity index (χ4v) is 6.72. The van der Waals surface area contributed by atoms with Gasteiger partial charge in [-0.15, -0.1) is 0 Å². The number of primary amides is 1. The van der Waals surface area contributed by atoms with Gasteiger partial charge < -0.3 is 25.0 Å². The zero-order chi connectivity index (χ0) is 29.9. The molecular weight excluding hydrogens is 573 g/mol. The van der Waals surface area contributed by atoms with Crippen molar-refractivity contribution in [2.45, 2.75) is 31.1 Å². The summed E-state index contributed by atoms with van der Waals surface area (Å²) in [5.41, 5.74) is 8.23. The zero-order valence-electron chi connectivity index (χ0n) is 24.1. The average Bonchev–Trinajstić information content (AvgIpc) is 3.50. The van der Waals surface area contributed by atoms with Gasteiger partial charge in [0.05, 0.1) is 40.8 Å². The third-order valence-electron chi connectivity index (χ3n) is 8.92. The Bertz CT molecular complexity index is 1440. The first kappa shape index (κ1) is 30.2. The number of halogens is 2. The van der Waals surface area contributed by atoms with E-state index in [1.165, 1.54) is 0 Å². The number of carbonyl (C=O) groups excluding carboxylic acids is 2. The van der Waals surface area contributed by atoms with Crippen LogP contribution in [-0.4, -0.2) is 68.6 Å². The summed E-state index contributed by atoms with van der Waals surface area (Å²) in [5, 5.41) is 0.855. The summed E-state index contributed by atoms with van der Waals surface area (Å²) in [5.74, 6) is 1.13. The number of piperidine rings is 1. The van der Waals surface area contributed by atoms with E-state index in [-0.39, 0.29) is 11.8 Å². The van der Waals surface area contributed by atoms with E-state index in [0.717, 1.165) is 56.4 Å². The highest BCUT2D eigenvalue weighted by molar-refractivity contribution is 6.42. The molecule has 1 unspecified atom stereocenters. The first-order valence-corrected chi connectivity index (χ1v) is 15.1. The monoisotopic (exact) mass is 609 g/mol. The summed E-state index contributed by atoms with van der Waals surface area (Å²) >= 11 is 12.5. The smallest absolute Gasteiger partial charge is 0.257 e. The van der Waals surface area contributed by atoms with Gasteiger partial charge in [-0.1, -0.05) is 59.6 Å². The van der Waals surface area contributed by atoms with Crippen molar-refractivity contribution in [2.24, 2.45) is 11.7 Å². The van der Waals surface area contributed by atoms with E-state index in [4.69, 9.17) is 38.4 Å². The van der Waals surface area contributed by atoms with Crippen LogP contribution in [0.4, 0.5) is 0 Å². The minimum Gasteiger partial charge on any atom is -0.496 e. The molecule has 0 aromatic heterocycles. The van der Waals surface area contributed by atoms with E-state index in [1.54, 1.807) is 38.5 Å². The van der Waals surface area contributed by atoms with Gasteiger partial charge in [0.15, 0.2) is 0 Å². The van der Waals surface area contributed by atoms with Crippen molar-refractivity contribution in [1.82, 2.24) is 9.80 Å². The summed E-state index contributed by atoms with van der Waals surface area (Å²) in [6, 6.07) is 18.8. The van der Waals surface area contributed by atoms with Crippen molar-refractivity contribution in [3.8, 4) is 22.6 Å². The van der Waals surface area contributed by atoms with Crippen LogP contribution in [0.2, 0.25) is 10.0 Å². The Kier molecular flexibility index (Phi) is 9.31. The van der Waals surface area contributed by atoms with Gasteiger partial charge in [0.2, 0.25) is 5.91 Å². The molecule has 0 saturated carbocycles. The fraction of sp³-hybridized carbons (Fsp3) is 0.394. The highest BCUT2D eigenvalue weighted by atomic mass is 35.5. The van der Waals surface area contributed by atoms with Gasteiger partial charge in [-0.3, -0.25) is 9.59 Å².